The predicted octanol–water partition coefficient (Wildman–Crippen LogP) is 1.62. The van der Waals surface area contributed by atoms with Crippen LogP contribution in [0.1, 0.15) is 16.5 Å². The predicted molar refractivity (Wildman–Crippen MR) is 66.9 cm³/mol. The topological polar surface area (TPSA) is 58.6 Å². The Hall–Kier alpha value is -1.04. The Labute approximate surface area is 104 Å². The van der Waals surface area contributed by atoms with E-state index in [1.54, 1.807) is 18.9 Å². The Kier molecular flexibility index (Phi) is 4.04. The van der Waals surface area contributed by atoms with Crippen LogP contribution in [0.5, 0.6) is 0 Å². The summed E-state index contributed by atoms with van der Waals surface area (Å²) < 4.78 is 5.04. The van der Waals surface area contributed by atoms with E-state index < -0.39 is 12.0 Å². The molecule has 1 heterocycles. The van der Waals surface area contributed by atoms with Crippen LogP contribution < -0.4 is 5.32 Å². The van der Waals surface area contributed by atoms with E-state index in [9.17, 15) is 4.79 Å². The number of hydrogen-bond acceptors (Lipinski definition) is 4. The van der Waals surface area contributed by atoms with Crippen molar-refractivity contribution in [3.8, 4) is 0 Å². The molecule has 2 rings (SSSR count). The maximum absolute atomic E-state index is 10.8. The lowest BCUT2D eigenvalue weighted by atomic mass is 10.1. The minimum Gasteiger partial charge on any atom is -0.480 e. The van der Waals surface area contributed by atoms with Gasteiger partial charge < -0.3 is 9.84 Å². The molecule has 0 aromatic heterocycles. The molecule has 0 radical (unpaired) electrons. The second-order valence-corrected chi connectivity index (χ2v) is 5.08. The van der Waals surface area contributed by atoms with Gasteiger partial charge in [-0.3, -0.25) is 10.1 Å². The molecule has 1 fully saturated rings. The molecule has 1 unspecified atom stereocenters. The summed E-state index contributed by atoms with van der Waals surface area (Å²) in [6, 6.07) is 7.61. The molecule has 1 aliphatic rings. The van der Waals surface area contributed by atoms with Gasteiger partial charge in [0.2, 0.25) is 0 Å². The molecule has 1 aromatic rings. The van der Waals surface area contributed by atoms with E-state index in [-0.39, 0.29) is 5.37 Å². The van der Waals surface area contributed by atoms with Gasteiger partial charge in [-0.15, -0.1) is 11.8 Å². The Morgan fingerprint density at radius 1 is 1.53 bits per heavy atom. The third-order valence-corrected chi connectivity index (χ3v) is 3.94. The Bertz CT molecular complexity index is 393. The molecule has 2 N–H and O–H groups in total. The molecule has 4 nitrogen and oxygen atoms in total. The number of hydrogen-bond donors (Lipinski definition) is 2. The van der Waals surface area contributed by atoms with Gasteiger partial charge in [0.25, 0.3) is 0 Å². The highest BCUT2D eigenvalue weighted by atomic mass is 32.2. The van der Waals surface area contributed by atoms with Crippen LogP contribution in [0.15, 0.2) is 24.3 Å². The van der Waals surface area contributed by atoms with Crippen molar-refractivity contribution in [2.75, 3.05) is 12.9 Å². The van der Waals surface area contributed by atoms with Crippen LogP contribution in [0.25, 0.3) is 0 Å². The number of methoxy groups -OCH3 is 1. The van der Waals surface area contributed by atoms with Gasteiger partial charge in [0.15, 0.2) is 0 Å². The van der Waals surface area contributed by atoms with Gasteiger partial charge in [0.05, 0.1) is 12.0 Å². The summed E-state index contributed by atoms with van der Waals surface area (Å²) in [5.41, 5.74) is 2.23. The minimum atomic E-state index is -0.781. The first-order valence-electron chi connectivity index (χ1n) is 5.39. The van der Waals surface area contributed by atoms with Gasteiger partial charge in [-0.25, -0.2) is 0 Å². The standard InChI is InChI=1S/C12H15NO3S/c1-16-6-8-2-4-9(5-3-8)11-13-10(7-17-11)12(14)15/h2-5,10-11,13H,6-7H2,1H3,(H,14,15)/t10-,11?/m1/s1. The lowest BCUT2D eigenvalue weighted by molar-refractivity contribution is -0.138. The second kappa shape index (κ2) is 5.53. The van der Waals surface area contributed by atoms with Gasteiger partial charge in [-0.1, -0.05) is 24.3 Å². The minimum absolute atomic E-state index is 0.0766. The fourth-order valence-corrected chi connectivity index (χ4v) is 3.00. The summed E-state index contributed by atoms with van der Waals surface area (Å²) >= 11 is 1.63. The summed E-state index contributed by atoms with van der Waals surface area (Å²) in [7, 11) is 1.67. The van der Waals surface area contributed by atoms with Crippen LogP contribution in [0.4, 0.5) is 0 Å². The van der Waals surface area contributed by atoms with Crippen LogP contribution in [0.3, 0.4) is 0 Å². The van der Waals surface area contributed by atoms with Crippen LogP contribution in [-0.2, 0) is 16.1 Å². The molecule has 0 aliphatic carbocycles. The van der Waals surface area contributed by atoms with Gasteiger partial charge in [-0.05, 0) is 11.1 Å². The van der Waals surface area contributed by atoms with Crippen molar-refractivity contribution in [3.05, 3.63) is 35.4 Å². The Morgan fingerprint density at radius 2 is 2.24 bits per heavy atom. The summed E-state index contributed by atoms with van der Waals surface area (Å²) in [4.78, 5) is 10.8. The number of benzene rings is 1. The lowest BCUT2D eigenvalue weighted by Crippen LogP contribution is -2.33. The number of carboxylic acid groups (broad SMARTS) is 1. The molecular weight excluding hydrogens is 238 g/mol. The quantitative estimate of drug-likeness (QED) is 0.854. The van der Waals surface area contributed by atoms with E-state index >= 15 is 0 Å². The highest BCUT2D eigenvalue weighted by molar-refractivity contribution is 7.99. The zero-order valence-corrected chi connectivity index (χ0v) is 10.4. The molecule has 92 valence electrons. The van der Waals surface area contributed by atoms with E-state index in [2.05, 4.69) is 5.32 Å². The third kappa shape index (κ3) is 3.00. The first kappa shape index (κ1) is 12.4. The molecule has 1 aromatic carbocycles. The maximum atomic E-state index is 10.8. The van der Waals surface area contributed by atoms with Crippen molar-refractivity contribution >= 4 is 17.7 Å². The molecule has 5 heteroatoms. The van der Waals surface area contributed by atoms with Gasteiger partial charge in [0, 0.05) is 12.9 Å². The van der Waals surface area contributed by atoms with Crippen LogP contribution in [0, 0.1) is 0 Å². The highest BCUT2D eigenvalue weighted by Gasteiger charge is 2.30. The van der Waals surface area contributed by atoms with Crippen LogP contribution in [0.2, 0.25) is 0 Å². The third-order valence-electron chi connectivity index (χ3n) is 2.67. The van der Waals surface area contributed by atoms with E-state index in [0.29, 0.717) is 12.4 Å². The van der Waals surface area contributed by atoms with Gasteiger partial charge in [-0.2, -0.15) is 0 Å². The monoisotopic (exact) mass is 253 g/mol. The van der Waals surface area contributed by atoms with E-state index in [1.807, 2.05) is 24.3 Å². The SMILES string of the molecule is COCc1ccc(C2N[C@@H](C(=O)O)CS2)cc1. The molecular formula is C12H15NO3S. The molecule has 0 bridgehead atoms. The molecule has 0 amide bonds. The van der Waals surface area contributed by atoms with Crippen molar-refractivity contribution < 1.29 is 14.6 Å². The molecule has 0 saturated carbocycles. The number of rotatable bonds is 4. The fraction of sp³-hybridized carbons (Fsp3) is 0.417. The summed E-state index contributed by atoms with van der Waals surface area (Å²) in [6.45, 7) is 0.600. The smallest absolute Gasteiger partial charge is 0.321 e. The summed E-state index contributed by atoms with van der Waals surface area (Å²) in [5.74, 6) is -0.171. The van der Waals surface area contributed by atoms with Crippen LogP contribution >= 0.6 is 11.8 Å². The number of nitrogens with one attached hydrogen (secondary N) is 1. The number of carbonyl (C=O) groups is 1. The molecule has 1 aliphatic heterocycles. The van der Waals surface area contributed by atoms with Crippen molar-refractivity contribution in [2.24, 2.45) is 0 Å². The number of aliphatic carboxylic acids is 1. The van der Waals surface area contributed by atoms with Crippen molar-refractivity contribution in [1.29, 1.82) is 0 Å². The highest BCUT2D eigenvalue weighted by Crippen LogP contribution is 2.32. The molecule has 2 atom stereocenters. The molecule has 0 spiro atoms. The second-order valence-electron chi connectivity index (χ2n) is 3.95. The van der Waals surface area contributed by atoms with E-state index in [0.717, 1.165) is 11.1 Å². The van der Waals surface area contributed by atoms with Crippen molar-refractivity contribution in [3.63, 3.8) is 0 Å². The Morgan fingerprint density at radius 3 is 2.76 bits per heavy atom. The lowest BCUT2D eigenvalue weighted by Gasteiger charge is -2.11. The fourth-order valence-electron chi connectivity index (χ4n) is 1.76. The van der Waals surface area contributed by atoms with E-state index in [4.69, 9.17) is 9.84 Å². The average molecular weight is 253 g/mol. The zero-order valence-electron chi connectivity index (χ0n) is 9.55. The number of thioether (sulfide) groups is 1. The zero-order chi connectivity index (χ0) is 12.3. The van der Waals surface area contributed by atoms with E-state index in [1.165, 1.54) is 0 Å². The van der Waals surface area contributed by atoms with Crippen molar-refractivity contribution in [1.82, 2.24) is 5.32 Å². The largest absolute Gasteiger partial charge is 0.480 e. The average Bonchev–Trinajstić information content (AvgIpc) is 2.80. The number of carboxylic acids is 1. The van der Waals surface area contributed by atoms with Gasteiger partial charge >= 0.3 is 5.97 Å². The first-order chi connectivity index (χ1) is 8.20. The summed E-state index contributed by atoms with van der Waals surface area (Å²) in [6.07, 6.45) is 0. The first-order valence-corrected chi connectivity index (χ1v) is 6.44. The summed E-state index contributed by atoms with van der Waals surface area (Å²) in [5, 5.41) is 12.1. The van der Waals surface area contributed by atoms with Gasteiger partial charge in [0.1, 0.15) is 6.04 Å². The molecule has 17 heavy (non-hydrogen) atoms. The number of ether oxygens (including phenoxy) is 1. The van der Waals surface area contributed by atoms with Crippen molar-refractivity contribution in [2.45, 2.75) is 18.0 Å². The Balaban J connectivity index is 2.01. The van der Waals surface area contributed by atoms with Crippen LogP contribution in [-0.4, -0.2) is 30.0 Å². The normalized spacial score (nSPS) is 23.8. The molecule has 1 saturated heterocycles. The maximum Gasteiger partial charge on any atom is 0.321 e.